The van der Waals surface area contributed by atoms with Gasteiger partial charge in [0.15, 0.2) is 0 Å². The van der Waals surface area contributed by atoms with Crippen LogP contribution in [0.5, 0.6) is 5.75 Å². The molecule has 0 fully saturated rings. The zero-order valence-corrected chi connectivity index (χ0v) is 19.2. The third-order valence-corrected chi connectivity index (χ3v) is 6.37. The minimum absolute atomic E-state index is 0.00157. The molecular formula is C30H27NO3. The van der Waals surface area contributed by atoms with Crippen molar-refractivity contribution in [2.45, 2.75) is 32.1 Å². The quantitative estimate of drug-likeness (QED) is 0.246. The van der Waals surface area contributed by atoms with Crippen LogP contribution in [0.1, 0.15) is 53.0 Å². The summed E-state index contributed by atoms with van der Waals surface area (Å²) in [5.74, 6) is 1.65. The van der Waals surface area contributed by atoms with Crippen LogP contribution < -0.4 is 4.74 Å². The third kappa shape index (κ3) is 4.86. The summed E-state index contributed by atoms with van der Waals surface area (Å²) >= 11 is 0. The molecule has 0 bridgehead atoms. The highest BCUT2D eigenvalue weighted by molar-refractivity contribution is 5.70. The zero-order valence-electron chi connectivity index (χ0n) is 19.2. The molecule has 0 aliphatic heterocycles. The number of rotatable bonds is 6. The van der Waals surface area contributed by atoms with Gasteiger partial charge in [-0.15, -0.1) is 0 Å². The molecule has 170 valence electrons. The van der Waals surface area contributed by atoms with Gasteiger partial charge < -0.3 is 9.26 Å². The summed E-state index contributed by atoms with van der Waals surface area (Å²) in [6.07, 6.45) is 7.10. The van der Waals surface area contributed by atoms with Crippen LogP contribution in [0.25, 0.3) is 6.08 Å². The van der Waals surface area contributed by atoms with E-state index >= 15 is 0 Å². The van der Waals surface area contributed by atoms with E-state index in [1.807, 2.05) is 30.3 Å². The molecule has 4 nitrogen and oxygen atoms in total. The number of carbonyl (C=O) groups is 1. The van der Waals surface area contributed by atoms with Gasteiger partial charge in [0.25, 0.3) is 0 Å². The van der Waals surface area contributed by atoms with Gasteiger partial charge >= 0.3 is 5.97 Å². The molecule has 1 unspecified atom stereocenters. The molecule has 1 aliphatic rings. The lowest BCUT2D eigenvalue weighted by atomic mass is 9.83. The molecule has 34 heavy (non-hydrogen) atoms. The number of ether oxygens (including phenoxy) is 1. The number of carbonyl (C=O) groups excluding carboxylic acids is 1. The van der Waals surface area contributed by atoms with Crippen molar-refractivity contribution in [3.63, 3.8) is 0 Å². The molecule has 1 aromatic heterocycles. The molecule has 5 rings (SSSR count). The lowest BCUT2D eigenvalue weighted by molar-refractivity contribution is -0.131. The van der Waals surface area contributed by atoms with Gasteiger partial charge in [-0.05, 0) is 59.6 Å². The van der Waals surface area contributed by atoms with E-state index in [1.165, 1.54) is 23.6 Å². The largest absolute Gasteiger partial charge is 0.426 e. The highest BCUT2D eigenvalue weighted by atomic mass is 16.5. The smallest absolute Gasteiger partial charge is 0.308 e. The second-order valence-electron chi connectivity index (χ2n) is 8.76. The van der Waals surface area contributed by atoms with E-state index in [2.05, 4.69) is 71.9 Å². The maximum Gasteiger partial charge on any atom is 0.308 e. The van der Waals surface area contributed by atoms with Crippen LogP contribution in [0.2, 0.25) is 0 Å². The van der Waals surface area contributed by atoms with E-state index in [0.717, 1.165) is 36.3 Å². The van der Waals surface area contributed by atoms with E-state index in [4.69, 9.17) is 9.26 Å². The summed E-state index contributed by atoms with van der Waals surface area (Å²) in [6.45, 7) is 1.44. The molecule has 4 aromatic rings. The first-order valence-corrected chi connectivity index (χ1v) is 11.7. The van der Waals surface area contributed by atoms with Crippen molar-refractivity contribution < 1.29 is 14.1 Å². The summed E-state index contributed by atoms with van der Waals surface area (Å²) < 4.78 is 11.2. The standard InChI is InChI=1S/C30H27NO3/c1-21(32)33-28-14-8-13-25-19-22(16-18-27(25)28)15-17-26-20-29(34-31-26)30(23-9-4-2-5-10-23)24-11-6-3-7-12-24/h2-15,17,20,22,30H,16,18-19H2,1H3. The predicted octanol–water partition coefficient (Wildman–Crippen LogP) is 6.60. The summed E-state index contributed by atoms with van der Waals surface area (Å²) in [4.78, 5) is 11.4. The van der Waals surface area contributed by atoms with E-state index in [9.17, 15) is 4.79 Å². The highest BCUT2D eigenvalue weighted by Crippen LogP contribution is 2.34. The molecule has 0 saturated carbocycles. The molecule has 0 amide bonds. The number of benzene rings is 3. The normalized spacial score (nSPS) is 15.4. The Morgan fingerprint density at radius 3 is 2.38 bits per heavy atom. The van der Waals surface area contributed by atoms with Crippen molar-refractivity contribution in [2.24, 2.45) is 5.92 Å². The molecule has 1 aliphatic carbocycles. The van der Waals surface area contributed by atoms with Gasteiger partial charge in [0.1, 0.15) is 17.2 Å². The first-order valence-electron chi connectivity index (χ1n) is 11.7. The monoisotopic (exact) mass is 449 g/mol. The van der Waals surface area contributed by atoms with Gasteiger partial charge in [-0.25, -0.2) is 0 Å². The Kier molecular flexibility index (Phi) is 6.39. The Balaban J connectivity index is 1.34. The first kappa shape index (κ1) is 21.9. The lowest BCUT2D eigenvalue weighted by Crippen LogP contribution is -2.14. The van der Waals surface area contributed by atoms with E-state index in [0.29, 0.717) is 11.7 Å². The molecule has 1 heterocycles. The van der Waals surface area contributed by atoms with Gasteiger partial charge in [-0.2, -0.15) is 0 Å². The van der Waals surface area contributed by atoms with Crippen molar-refractivity contribution in [2.75, 3.05) is 0 Å². The fourth-order valence-corrected chi connectivity index (χ4v) is 4.78. The average Bonchev–Trinajstić information content (AvgIpc) is 3.32. The van der Waals surface area contributed by atoms with Crippen molar-refractivity contribution in [1.82, 2.24) is 5.16 Å². The second kappa shape index (κ2) is 9.92. The van der Waals surface area contributed by atoms with Crippen LogP contribution in [0.3, 0.4) is 0 Å². The van der Waals surface area contributed by atoms with Crippen LogP contribution in [0, 0.1) is 5.92 Å². The zero-order chi connectivity index (χ0) is 23.3. The van der Waals surface area contributed by atoms with Crippen molar-refractivity contribution in [3.8, 4) is 5.75 Å². The number of nitrogens with zero attached hydrogens (tertiary/aromatic N) is 1. The van der Waals surface area contributed by atoms with E-state index in [1.54, 1.807) is 0 Å². The minimum atomic E-state index is -0.276. The number of hydrogen-bond donors (Lipinski definition) is 0. The van der Waals surface area contributed by atoms with Crippen LogP contribution in [-0.2, 0) is 17.6 Å². The lowest BCUT2D eigenvalue weighted by Gasteiger charge is -2.23. The summed E-state index contributed by atoms with van der Waals surface area (Å²) in [7, 11) is 0. The molecule has 3 aromatic carbocycles. The predicted molar refractivity (Wildman–Crippen MR) is 133 cm³/mol. The average molecular weight is 450 g/mol. The van der Waals surface area contributed by atoms with E-state index in [-0.39, 0.29) is 11.9 Å². The van der Waals surface area contributed by atoms with Gasteiger partial charge in [0, 0.05) is 13.0 Å². The van der Waals surface area contributed by atoms with Gasteiger partial charge in [0.2, 0.25) is 0 Å². The maximum atomic E-state index is 11.4. The Morgan fingerprint density at radius 1 is 1.00 bits per heavy atom. The fraction of sp³-hybridized carbons (Fsp3) is 0.200. The van der Waals surface area contributed by atoms with Gasteiger partial charge in [-0.3, -0.25) is 4.79 Å². The minimum Gasteiger partial charge on any atom is -0.426 e. The SMILES string of the molecule is CC(=O)Oc1cccc2c1CCC(C=Cc1cc(C(c3ccccc3)c3ccccc3)on1)C2. The molecule has 4 heteroatoms. The Bertz CT molecular complexity index is 1250. The summed E-state index contributed by atoms with van der Waals surface area (Å²) in [5, 5.41) is 4.34. The number of allylic oxidation sites excluding steroid dienone is 1. The summed E-state index contributed by atoms with van der Waals surface area (Å²) in [5.41, 5.74) is 5.57. The number of fused-ring (bicyclic) bond motifs is 1. The third-order valence-electron chi connectivity index (χ3n) is 6.37. The molecule has 0 N–H and O–H groups in total. The Labute approximate surface area is 199 Å². The van der Waals surface area contributed by atoms with Crippen LogP contribution in [0.4, 0.5) is 0 Å². The number of hydrogen-bond acceptors (Lipinski definition) is 4. The first-order chi connectivity index (χ1) is 16.7. The summed E-state index contributed by atoms with van der Waals surface area (Å²) in [6, 6.07) is 28.8. The molecule has 0 spiro atoms. The van der Waals surface area contributed by atoms with Gasteiger partial charge in [-0.1, -0.05) is 84.0 Å². The van der Waals surface area contributed by atoms with E-state index < -0.39 is 0 Å². The second-order valence-corrected chi connectivity index (χ2v) is 8.76. The van der Waals surface area contributed by atoms with Crippen LogP contribution in [0.15, 0.2) is 95.5 Å². The number of aromatic nitrogens is 1. The Morgan fingerprint density at radius 2 is 1.71 bits per heavy atom. The van der Waals surface area contributed by atoms with Crippen LogP contribution >= 0.6 is 0 Å². The van der Waals surface area contributed by atoms with Crippen molar-refractivity contribution in [3.05, 3.63) is 125 Å². The van der Waals surface area contributed by atoms with Crippen LogP contribution in [-0.4, -0.2) is 11.1 Å². The van der Waals surface area contributed by atoms with Gasteiger partial charge in [0.05, 0.1) is 5.92 Å². The van der Waals surface area contributed by atoms with Crippen molar-refractivity contribution >= 4 is 12.0 Å². The highest BCUT2D eigenvalue weighted by Gasteiger charge is 2.22. The molecule has 1 atom stereocenters. The fourth-order valence-electron chi connectivity index (χ4n) is 4.78. The molecule has 0 saturated heterocycles. The number of esters is 1. The molecular weight excluding hydrogens is 422 g/mol. The Hall–Kier alpha value is -3.92. The molecule has 0 radical (unpaired) electrons. The van der Waals surface area contributed by atoms with Crippen molar-refractivity contribution in [1.29, 1.82) is 0 Å². The topological polar surface area (TPSA) is 52.3 Å². The maximum absolute atomic E-state index is 11.4.